The molecule has 1 aromatic carbocycles. The van der Waals surface area contributed by atoms with Gasteiger partial charge < -0.3 is 14.4 Å². The summed E-state index contributed by atoms with van der Waals surface area (Å²) in [6.07, 6.45) is 3.86. The van der Waals surface area contributed by atoms with E-state index in [4.69, 9.17) is 4.52 Å². The van der Waals surface area contributed by atoms with Crippen LogP contribution in [0.3, 0.4) is 0 Å². The first-order valence-corrected chi connectivity index (χ1v) is 8.01. The molecule has 0 fully saturated rings. The molecular weight excluding hydrogens is 302 g/mol. The van der Waals surface area contributed by atoms with Gasteiger partial charge in [0.2, 0.25) is 0 Å². The van der Waals surface area contributed by atoms with Crippen LogP contribution in [0, 0.1) is 13.8 Å². The largest absolute Gasteiger partial charge is 0.361 e. The molecule has 0 bridgehead atoms. The third-order valence-electron chi connectivity index (χ3n) is 4.18. The normalized spacial score (nSPS) is 12.1. The van der Waals surface area contributed by atoms with Crippen molar-refractivity contribution in [2.24, 2.45) is 0 Å². The molecule has 0 spiro atoms. The van der Waals surface area contributed by atoms with Crippen molar-refractivity contribution in [2.75, 3.05) is 6.54 Å². The van der Waals surface area contributed by atoms with Gasteiger partial charge in [-0.25, -0.2) is 0 Å². The van der Waals surface area contributed by atoms with E-state index in [1.165, 1.54) is 0 Å². The maximum absolute atomic E-state index is 12.6. The predicted molar refractivity (Wildman–Crippen MR) is 92.5 cm³/mol. The molecule has 0 radical (unpaired) electrons. The highest BCUT2D eigenvalue weighted by Crippen LogP contribution is 2.22. The zero-order chi connectivity index (χ0) is 17.1. The molecule has 3 rings (SSSR count). The maximum Gasteiger partial charge on any atom is 0.253 e. The fourth-order valence-corrected chi connectivity index (χ4v) is 3.02. The second-order valence-electron chi connectivity index (χ2n) is 5.96. The molecule has 1 unspecified atom stereocenters. The molecule has 0 aliphatic carbocycles. The van der Waals surface area contributed by atoms with Gasteiger partial charge in [-0.1, -0.05) is 24.2 Å². The number of aryl methyl sites for hydroxylation is 2. The van der Waals surface area contributed by atoms with E-state index in [-0.39, 0.29) is 11.8 Å². The fourth-order valence-electron chi connectivity index (χ4n) is 3.02. The van der Waals surface area contributed by atoms with Gasteiger partial charge in [0.05, 0.1) is 16.9 Å². The van der Waals surface area contributed by atoms with E-state index in [9.17, 15) is 4.79 Å². The summed E-state index contributed by atoms with van der Waals surface area (Å²) in [4.78, 5) is 12.6. The number of nitrogens with zero attached hydrogens (tertiary/aromatic N) is 2. The molecule has 24 heavy (non-hydrogen) atoms. The molecule has 5 nitrogen and oxygen atoms in total. The number of aromatic nitrogens is 2. The van der Waals surface area contributed by atoms with Crippen molar-refractivity contribution in [3.05, 3.63) is 71.4 Å². The van der Waals surface area contributed by atoms with Crippen LogP contribution < -0.4 is 5.32 Å². The molecular formula is C19H21N3O2. The van der Waals surface area contributed by atoms with Crippen LogP contribution in [0.1, 0.15) is 40.2 Å². The second-order valence-corrected chi connectivity index (χ2v) is 5.96. The third-order valence-corrected chi connectivity index (χ3v) is 4.18. The lowest BCUT2D eigenvalue weighted by Crippen LogP contribution is -2.28. The van der Waals surface area contributed by atoms with Crippen LogP contribution in [-0.4, -0.2) is 22.2 Å². The highest BCUT2D eigenvalue weighted by atomic mass is 16.5. The summed E-state index contributed by atoms with van der Waals surface area (Å²) in [5, 5.41) is 7.00. The number of carbonyl (C=O) groups excluding carboxylic acids is 1. The quantitative estimate of drug-likeness (QED) is 0.780. The number of hydrogen-bond donors (Lipinski definition) is 1. The van der Waals surface area contributed by atoms with Crippen molar-refractivity contribution in [1.29, 1.82) is 0 Å². The number of hydrogen-bond acceptors (Lipinski definition) is 3. The van der Waals surface area contributed by atoms with Crippen molar-refractivity contribution in [2.45, 2.75) is 26.7 Å². The van der Waals surface area contributed by atoms with Gasteiger partial charge in [-0.2, -0.15) is 0 Å². The Morgan fingerprint density at radius 3 is 2.58 bits per heavy atom. The summed E-state index contributed by atoms with van der Waals surface area (Å²) in [6.45, 7) is 6.41. The van der Waals surface area contributed by atoms with Crippen molar-refractivity contribution in [3.8, 4) is 5.69 Å². The van der Waals surface area contributed by atoms with E-state index in [2.05, 4.69) is 17.4 Å². The molecule has 0 saturated carbocycles. The highest BCUT2D eigenvalue weighted by Gasteiger charge is 2.18. The van der Waals surface area contributed by atoms with Gasteiger partial charge in [-0.15, -0.1) is 0 Å². The van der Waals surface area contributed by atoms with E-state index < -0.39 is 0 Å². The Kier molecular flexibility index (Phi) is 4.51. The molecule has 0 aliphatic rings. The molecule has 1 atom stereocenters. The minimum atomic E-state index is -0.0853. The summed E-state index contributed by atoms with van der Waals surface area (Å²) >= 11 is 0. The number of amides is 1. The average Bonchev–Trinajstić information content (AvgIpc) is 3.22. The van der Waals surface area contributed by atoms with Crippen LogP contribution >= 0.6 is 0 Å². The zero-order valence-corrected chi connectivity index (χ0v) is 14.1. The number of para-hydroxylation sites is 1. The Balaban J connectivity index is 1.75. The lowest BCUT2D eigenvalue weighted by atomic mass is 9.99. The van der Waals surface area contributed by atoms with Gasteiger partial charge in [0.15, 0.2) is 0 Å². The lowest BCUT2D eigenvalue weighted by molar-refractivity contribution is 0.0951. The van der Waals surface area contributed by atoms with E-state index in [0.29, 0.717) is 12.1 Å². The van der Waals surface area contributed by atoms with Crippen LogP contribution in [0.15, 0.2) is 53.3 Å². The monoisotopic (exact) mass is 323 g/mol. The number of carbonyl (C=O) groups is 1. The van der Waals surface area contributed by atoms with Crippen molar-refractivity contribution in [1.82, 2.24) is 15.0 Å². The molecule has 5 heteroatoms. The summed E-state index contributed by atoms with van der Waals surface area (Å²) in [5.74, 6) is 0.860. The summed E-state index contributed by atoms with van der Waals surface area (Å²) in [7, 11) is 0. The minimum absolute atomic E-state index is 0.0853. The van der Waals surface area contributed by atoms with E-state index in [0.717, 1.165) is 22.7 Å². The SMILES string of the molecule is Cc1noc(C)c1C(C)CNC(=O)c1ccccc1-n1cccc1. The van der Waals surface area contributed by atoms with Crippen LogP contribution in [-0.2, 0) is 0 Å². The second kappa shape index (κ2) is 6.74. The first-order valence-electron chi connectivity index (χ1n) is 8.01. The van der Waals surface area contributed by atoms with Crippen LogP contribution in [0.2, 0.25) is 0 Å². The van der Waals surface area contributed by atoms with Crippen molar-refractivity contribution < 1.29 is 9.32 Å². The van der Waals surface area contributed by atoms with Gasteiger partial charge in [-0.05, 0) is 38.1 Å². The van der Waals surface area contributed by atoms with Crippen LogP contribution in [0.25, 0.3) is 5.69 Å². The molecule has 3 aromatic rings. The van der Waals surface area contributed by atoms with Gasteiger partial charge in [-0.3, -0.25) is 4.79 Å². The first-order chi connectivity index (χ1) is 11.6. The smallest absolute Gasteiger partial charge is 0.253 e. The van der Waals surface area contributed by atoms with Gasteiger partial charge in [0, 0.05) is 30.4 Å². The molecule has 124 valence electrons. The van der Waals surface area contributed by atoms with E-state index in [1.807, 2.05) is 67.2 Å². The number of rotatable bonds is 5. The lowest BCUT2D eigenvalue weighted by Gasteiger charge is -2.14. The Morgan fingerprint density at radius 2 is 1.92 bits per heavy atom. The fraction of sp³-hybridized carbons (Fsp3) is 0.263. The molecule has 0 saturated heterocycles. The topological polar surface area (TPSA) is 60.1 Å². The number of benzene rings is 1. The van der Waals surface area contributed by atoms with Gasteiger partial charge in [0.1, 0.15) is 5.76 Å². The Morgan fingerprint density at radius 1 is 1.21 bits per heavy atom. The van der Waals surface area contributed by atoms with Crippen molar-refractivity contribution in [3.63, 3.8) is 0 Å². The molecule has 0 aliphatic heterocycles. The van der Waals surface area contributed by atoms with E-state index >= 15 is 0 Å². The van der Waals surface area contributed by atoms with E-state index in [1.54, 1.807) is 0 Å². The predicted octanol–water partition coefficient (Wildman–Crippen LogP) is 3.62. The standard InChI is InChI=1S/C19H21N3O2/c1-13(18-14(2)21-24-15(18)3)12-20-19(23)16-8-4-5-9-17(16)22-10-6-7-11-22/h4-11,13H,12H2,1-3H3,(H,20,23). The molecule has 1 amide bonds. The van der Waals surface area contributed by atoms with Gasteiger partial charge in [0.25, 0.3) is 5.91 Å². The number of nitrogens with one attached hydrogen (secondary N) is 1. The zero-order valence-electron chi connectivity index (χ0n) is 14.1. The Labute approximate surface area is 141 Å². The highest BCUT2D eigenvalue weighted by molar-refractivity contribution is 5.97. The Hall–Kier alpha value is -2.82. The van der Waals surface area contributed by atoms with Crippen molar-refractivity contribution >= 4 is 5.91 Å². The van der Waals surface area contributed by atoms with Crippen LogP contribution in [0.5, 0.6) is 0 Å². The average molecular weight is 323 g/mol. The molecule has 2 heterocycles. The van der Waals surface area contributed by atoms with Crippen LogP contribution in [0.4, 0.5) is 0 Å². The Bertz CT molecular complexity index is 815. The first kappa shape index (κ1) is 16.1. The maximum atomic E-state index is 12.6. The molecule has 1 N–H and O–H groups in total. The summed E-state index contributed by atoms with van der Waals surface area (Å²) in [6, 6.07) is 11.5. The summed E-state index contributed by atoms with van der Waals surface area (Å²) < 4.78 is 7.15. The van der Waals surface area contributed by atoms with Gasteiger partial charge >= 0.3 is 0 Å². The minimum Gasteiger partial charge on any atom is -0.361 e. The third kappa shape index (κ3) is 3.11. The summed E-state index contributed by atoms with van der Waals surface area (Å²) in [5.41, 5.74) is 3.46. The molecule has 2 aromatic heterocycles.